The minimum atomic E-state index is -4.45. The third-order valence-corrected chi connectivity index (χ3v) is 5.18. The molecule has 0 unspecified atom stereocenters. The molecule has 0 radical (unpaired) electrons. The second-order valence-corrected chi connectivity index (χ2v) is 7.41. The molecule has 7 heteroatoms. The standard InChI is InChI=1S/C25H16ClF3O3/c1-31-24(30)21-13-18(26)11-12-19(21)20-14-22(15-5-3-2-4-6-15)32-23(20)16-7-9-17(10-8-16)25(27,28)29/h2-14H,1H3. The molecule has 0 aliphatic rings. The predicted molar refractivity (Wildman–Crippen MR) is 116 cm³/mol. The molecule has 0 aliphatic heterocycles. The van der Waals surface area contributed by atoms with E-state index in [1.807, 2.05) is 30.3 Å². The first-order valence-corrected chi connectivity index (χ1v) is 9.91. The third-order valence-electron chi connectivity index (χ3n) is 4.94. The van der Waals surface area contributed by atoms with Crippen LogP contribution in [0.1, 0.15) is 15.9 Å². The van der Waals surface area contributed by atoms with Crippen LogP contribution in [0.2, 0.25) is 5.02 Å². The lowest BCUT2D eigenvalue weighted by atomic mass is 9.96. The van der Waals surface area contributed by atoms with Crippen molar-refractivity contribution in [3.05, 3.63) is 95.0 Å². The molecule has 1 aromatic heterocycles. The van der Waals surface area contributed by atoms with E-state index in [0.29, 0.717) is 33.2 Å². The van der Waals surface area contributed by atoms with E-state index in [-0.39, 0.29) is 5.56 Å². The molecule has 4 aromatic rings. The zero-order chi connectivity index (χ0) is 22.9. The van der Waals surface area contributed by atoms with E-state index < -0.39 is 17.7 Å². The smallest absolute Gasteiger partial charge is 0.416 e. The summed E-state index contributed by atoms with van der Waals surface area (Å²) in [6.45, 7) is 0. The Morgan fingerprint density at radius 3 is 2.19 bits per heavy atom. The molecule has 4 rings (SSSR count). The van der Waals surface area contributed by atoms with Crippen LogP contribution in [0.4, 0.5) is 13.2 Å². The highest BCUT2D eigenvalue weighted by atomic mass is 35.5. The Balaban J connectivity index is 1.93. The SMILES string of the molecule is COC(=O)c1cc(Cl)ccc1-c1cc(-c2ccccc2)oc1-c1ccc(C(F)(F)F)cc1. The molecule has 3 aromatic carbocycles. The Kier molecular flexibility index (Phi) is 5.80. The van der Waals surface area contributed by atoms with Gasteiger partial charge in [-0.25, -0.2) is 4.79 Å². The maximum atomic E-state index is 13.0. The summed E-state index contributed by atoms with van der Waals surface area (Å²) in [4.78, 5) is 12.4. The van der Waals surface area contributed by atoms with Crippen molar-refractivity contribution in [1.82, 2.24) is 0 Å². The van der Waals surface area contributed by atoms with Crippen molar-refractivity contribution in [3.63, 3.8) is 0 Å². The molecule has 0 spiro atoms. The Morgan fingerprint density at radius 2 is 1.56 bits per heavy atom. The first kappa shape index (κ1) is 21.7. The lowest BCUT2D eigenvalue weighted by Gasteiger charge is -2.10. The highest BCUT2D eigenvalue weighted by molar-refractivity contribution is 6.31. The first-order chi connectivity index (χ1) is 15.3. The molecule has 3 nitrogen and oxygen atoms in total. The van der Waals surface area contributed by atoms with Gasteiger partial charge in [-0.15, -0.1) is 0 Å². The predicted octanol–water partition coefficient (Wildman–Crippen LogP) is 7.74. The summed E-state index contributed by atoms with van der Waals surface area (Å²) in [5, 5.41) is 0.344. The average Bonchev–Trinajstić information content (AvgIpc) is 3.24. The number of rotatable bonds is 4. The van der Waals surface area contributed by atoms with Crippen LogP contribution in [-0.4, -0.2) is 13.1 Å². The summed E-state index contributed by atoms with van der Waals surface area (Å²) in [6.07, 6.45) is -4.45. The van der Waals surface area contributed by atoms with E-state index in [4.69, 9.17) is 20.8 Å². The van der Waals surface area contributed by atoms with E-state index >= 15 is 0 Å². The summed E-state index contributed by atoms with van der Waals surface area (Å²) >= 11 is 6.09. The van der Waals surface area contributed by atoms with Gasteiger partial charge in [0.1, 0.15) is 11.5 Å². The van der Waals surface area contributed by atoms with Crippen molar-refractivity contribution < 1.29 is 27.1 Å². The lowest BCUT2D eigenvalue weighted by molar-refractivity contribution is -0.137. The van der Waals surface area contributed by atoms with Gasteiger partial charge in [-0.2, -0.15) is 13.2 Å². The van der Waals surface area contributed by atoms with Gasteiger partial charge < -0.3 is 9.15 Å². The van der Waals surface area contributed by atoms with Crippen LogP contribution in [0, 0.1) is 0 Å². The summed E-state index contributed by atoms with van der Waals surface area (Å²) in [7, 11) is 1.26. The molecule has 0 saturated heterocycles. The van der Waals surface area contributed by atoms with Gasteiger partial charge >= 0.3 is 12.1 Å². The number of alkyl halides is 3. The van der Waals surface area contributed by atoms with E-state index in [0.717, 1.165) is 17.7 Å². The van der Waals surface area contributed by atoms with E-state index in [1.54, 1.807) is 18.2 Å². The second-order valence-electron chi connectivity index (χ2n) is 6.98. The number of esters is 1. The Labute approximate surface area is 187 Å². The Hall–Kier alpha value is -3.51. The molecule has 32 heavy (non-hydrogen) atoms. The number of methoxy groups -OCH3 is 1. The van der Waals surface area contributed by atoms with Crippen molar-refractivity contribution in [1.29, 1.82) is 0 Å². The van der Waals surface area contributed by atoms with Gasteiger partial charge in [-0.05, 0) is 30.3 Å². The zero-order valence-corrected chi connectivity index (χ0v) is 17.5. The van der Waals surface area contributed by atoms with Crippen molar-refractivity contribution in [3.8, 4) is 33.8 Å². The molecule has 0 saturated carbocycles. The molecular formula is C25H16ClF3O3. The molecule has 0 bridgehead atoms. The Bertz CT molecular complexity index is 1260. The number of halogens is 4. The monoisotopic (exact) mass is 456 g/mol. The quantitative estimate of drug-likeness (QED) is 0.295. The van der Waals surface area contributed by atoms with Gasteiger partial charge in [0.2, 0.25) is 0 Å². The molecule has 0 atom stereocenters. The van der Waals surface area contributed by atoms with Crippen LogP contribution in [0.25, 0.3) is 33.8 Å². The number of carbonyl (C=O) groups excluding carboxylic acids is 1. The van der Waals surface area contributed by atoms with Crippen molar-refractivity contribution in [2.75, 3.05) is 7.11 Å². The topological polar surface area (TPSA) is 39.4 Å². The molecular weight excluding hydrogens is 441 g/mol. The number of carbonyl (C=O) groups is 1. The van der Waals surface area contributed by atoms with Crippen molar-refractivity contribution in [2.24, 2.45) is 0 Å². The van der Waals surface area contributed by atoms with Gasteiger partial charge in [0.05, 0.1) is 18.2 Å². The molecule has 0 N–H and O–H groups in total. The van der Waals surface area contributed by atoms with Gasteiger partial charge in [0.15, 0.2) is 0 Å². The highest BCUT2D eigenvalue weighted by Gasteiger charge is 2.30. The van der Waals surface area contributed by atoms with E-state index in [1.165, 1.54) is 25.3 Å². The van der Waals surface area contributed by atoms with Crippen LogP contribution in [-0.2, 0) is 10.9 Å². The van der Waals surface area contributed by atoms with Crippen LogP contribution in [0.15, 0.2) is 83.3 Å². The number of hydrogen-bond donors (Lipinski definition) is 0. The largest absolute Gasteiger partial charge is 0.465 e. The summed E-state index contributed by atoms with van der Waals surface area (Å²) < 4.78 is 50.1. The minimum absolute atomic E-state index is 0.216. The van der Waals surface area contributed by atoms with Gasteiger partial charge in [0.25, 0.3) is 0 Å². The number of furan rings is 1. The third kappa shape index (κ3) is 4.27. The number of ether oxygens (including phenoxy) is 1. The van der Waals surface area contributed by atoms with Crippen LogP contribution in [0.3, 0.4) is 0 Å². The summed E-state index contributed by atoms with van der Waals surface area (Å²) in [5.41, 5.74) is 1.68. The fourth-order valence-corrected chi connectivity index (χ4v) is 3.56. The summed E-state index contributed by atoms with van der Waals surface area (Å²) in [6, 6.07) is 20.4. The second kappa shape index (κ2) is 8.55. The molecule has 1 heterocycles. The number of hydrogen-bond acceptors (Lipinski definition) is 3. The normalized spacial score (nSPS) is 11.4. The molecule has 0 aliphatic carbocycles. The van der Waals surface area contributed by atoms with Gasteiger partial charge in [-0.1, -0.05) is 60.1 Å². The molecule has 162 valence electrons. The maximum Gasteiger partial charge on any atom is 0.416 e. The zero-order valence-electron chi connectivity index (χ0n) is 16.7. The first-order valence-electron chi connectivity index (χ1n) is 9.53. The summed E-state index contributed by atoms with van der Waals surface area (Å²) in [5.74, 6) is 0.231. The highest BCUT2D eigenvalue weighted by Crippen LogP contribution is 2.41. The fourth-order valence-electron chi connectivity index (χ4n) is 3.39. The maximum absolute atomic E-state index is 13.0. The van der Waals surface area contributed by atoms with Crippen molar-refractivity contribution in [2.45, 2.75) is 6.18 Å². The fraction of sp³-hybridized carbons (Fsp3) is 0.0800. The molecule has 0 fully saturated rings. The van der Waals surface area contributed by atoms with E-state index in [9.17, 15) is 18.0 Å². The van der Waals surface area contributed by atoms with Crippen LogP contribution >= 0.6 is 11.6 Å². The van der Waals surface area contributed by atoms with E-state index in [2.05, 4.69) is 0 Å². The van der Waals surface area contributed by atoms with Gasteiger partial charge in [0, 0.05) is 27.3 Å². The van der Waals surface area contributed by atoms with Crippen LogP contribution < -0.4 is 0 Å². The average molecular weight is 457 g/mol. The lowest BCUT2D eigenvalue weighted by Crippen LogP contribution is -2.04. The van der Waals surface area contributed by atoms with Gasteiger partial charge in [-0.3, -0.25) is 0 Å². The van der Waals surface area contributed by atoms with Crippen LogP contribution in [0.5, 0.6) is 0 Å². The number of benzene rings is 3. The Morgan fingerprint density at radius 1 is 0.875 bits per heavy atom. The van der Waals surface area contributed by atoms with Crippen molar-refractivity contribution >= 4 is 17.6 Å². The molecule has 0 amide bonds. The minimum Gasteiger partial charge on any atom is -0.465 e.